The van der Waals surface area contributed by atoms with Crippen molar-refractivity contribution in [2.45, 2.75) is 56.6 Å². The maximum atomic E-state index is 12.4. The van der Waals surface area contributed by atoms with E-state index in [1.165, 1.54) is 4.31 Å². The minimum absolute atomic E-state index is 0.157. The van der Waals surface area contributed by atoms with Crippen molar-refractivity contribution in [2.75, 3.05) is 19.7 Å². The molecule has 2 aliphatic heterocycles. The number of hydrogen-bond acceptors (Lipinski definition) is 4. The summed E-state index contributed by atoms with van der Waals surface area (Å²) in [4.78, 5) is 11.0. The van der Waals surface area contributed by atoms with E-state index >= 15 is 0 Å². The second kappa shape index (κ2) is 6.07. The molecule has 22 heavy (non-hydrogen) atoms. The van der Waals surface area contributed by atoms with Crippen molar-refractivity contribution in [1.82, 2.24) is 9.03 Å². The SMILES string of the molecule is O=C(O)C1CC2(CC(NS(=O)(=O)N3CCCCC3)CCO2)C1. The number of ether oxygens (including phenoxy) is 1. The largest absolute Gasteiger partial charge is 0.481 e. The van der Waals surface area contributed by atoms with E-state index in [0.717, 1.165) is 19.3 Å². The highest BCUT2D eigenvalue weighted by Crippen LogP contribution is 2.46. The second-order valence-corrected chi connectivity index (χ2v) is 8.45. The van der Waals surface area contributed by atoms with Crippen LogP contribution in [0, 0.1) is 5.92 Å². The second-order valence-electron chi connectivity index (χ2n) is 6.75. The lowest BCUT2D eigenvalue weighted by atomic mass is 9.67. The summed E-state index contributed by atoms with van der Waals surface area (Å²) in [6.45, 7) is 1.66. The summed E-state index contributed by atoms with van der Waals surface area (Å²) in [5, 5.41) is 9.00. The Bertz CT molecular complexity index is 523. The number of rotatable bonds is 4. The number of piperidine rings is 1. The average molecular weight is 332 g/mol. The minimum atomic E-state index is -3.44. The van der Waals surface area contributed by atoms with Crippen molar-refractivity contribution in [3.63, 3.8) is 0 Å². The van der Waals surface area contributed by atoms with Gasteiger partial charge in [0.2, 0.25) is 0 Å². The Hall–Kier alpha value is -0.700. The maximum Gasteiger partial charge on any atom is 0.306 e. The first-order valence-corrected chi connectivity index (χ1v) is 9.48. The highest BCUT2D eigenvalue weighted by Gasteiger charge is 2.51. The average Bonchev–Trinajstić information content (AvgIpc) is 2.45. The Morgan fingerprint density at radius 2 is 1.86 bits per heavy atom. The van der Waals surface area contributed by atoms with Gasteiger partial charge in [-0.25, -0.2) is 0 Å². The molecule has 1 spiro atoms. The number of carboxylic acids is 1. The van der Waals surface area contributed by atoms with Crippen LogP contribution in [0.25, 0.3) is 0 Å². The van der Waals surface area contributed by atoms with Crippen LogP contribution in [0.2, 0.25) is 0 Å². The summed E-state index contributed by atoms with van der Waals surface area (Å²) in [5.74, 6) is -1.14. The fraction of sp³-hybridized carbons (Fsp3) is 0.929. The molecule has 2 saturated heterocycles. The van der Waals surface area contributed by atoms with Crippen LogP contribution in [0.15, 0.2) is 0 Å². The Morgan fingerprint density at radius 1 is 1.18 bits per heavy atom. The molecule has 1 unspecified atom stereocenters. The number of carboxylic acid groups (broad SMARTS) is 1. The van der Waals surface area contributed by atoms with Gasteiger partial charge in [0.05, 0.1) is 11.5 Å². The third-order valence-electron chi connectivity index (χ3n) is 5.05. The van der Waals surface area contributed by atoms with Crippen LogP contribution in [-0.4, -0.2) is 55.1 Å². The lowest BCUT2D eigenvalue weighted by Gasteiger charge is -2.50. The molecule has 1 aliphatic carbocycles. The van der Waals surface area contributed by atoms with E-state index in [1.54, 1.807) is 0 Å². The predicted octanol–water partition coefficient (Wildman–Crippen LogP) is 0.719. The molecule has 3 fully saturated rings. The van der Waals surface area contributed by atoms with Gasteiger partial charge in [0.15, 0.2) is 0 Å². The highest BCUT2D eigenvalue weighted by atomic mass is 32.2. The molecule has 0 bridgehead atoms. The van der Waals surface area contributed by atoms with Crippen molar-refractivity contribution in [3.8, 4) is 0 Å². The molecule has 0 aromatic heterocycles. The zero-order valence-corrected chi connectivity index (χ0v) is 13.5. The minimum Gasteiger partial charge on any atom is -0.481 e. The smallest absolute Gasteiger partial charge is 0.306 e. The molecule has 126 valence electrons. The van der Waals surface area contributed by atoms with Crippen LogP contribution in [0.3, 0.4) is 0 Å². The zero-order valence-electron chi connectivity index (χ0n) is 12.7. The molecule has 7 nitrogen and oxygen atoms in total. The summed E-state index contributed by atoms with van der Waals surface area (Å²) in [5.41, 5.74) is -0.434. The van der Waals surface area contributed by atoms with Gasteiger partial charge in [0, 0.05) is 25.7 Å². The normalized spacial score (nSPS) is 36.9. The third kappa shape index (κ3) is 3.29. The lowest BCUT2D eigenvalue weighted by Crippen LogP contribution is -2.57. The van der Waals surface area contributed by atoms with E-state index in [1.807, 2.05) is 0 Å². The van der Waals surface area contributed by atoms with Gasteiger partial charge in [-0.1, -0.05) is 6.42 Å². The molecule has 0 aromatic rings. The van der Waals surface area contributed by atoms with Crippen molar-refractivity contribution in [1.29, 1.82) is 0 Å². The van der Waals surface area contributed by atoms with Gasteiger partial charge in [-0.15, -0.1) is 0 Å². The maximum absolute atomic E-state index is 12.4. The first-order valence-electron chi connectivity index (χ1n) is 8.04. The number of hydrogen-bond donors (Lipinski definition) is 2. The van der Waals surface area contributed by atoms with Gasteiger partial charge in [-0.2, -0.15) is 17.4 Å². The zero-order chi connectivity index (χ0) is 15.8. The number of nitrogens with zero attached hydrogens (tertiary/aromatic N) is 1. The van der Waals surface area contributed by atoms with Crippen LogP contribution in [0.4, 0.5) is 0 Å². The van der Waals surface area contributed by atoms with Crippen molar-refractivity contribution < 1.29 is 23.1 Å². The number of nitrogens with one attached hydrogen (secondary N) is 1. The van der Waals surface area contributed by atoms with Crippen LogP contribution in [0.1, 0.15) is 44.9 Å². The van der Waals surface area contributed by atoms with Crippen molar-refractivity contribution >= 4 is 16.2 Å². The summed E-state index contributed by atoms with van der Waals surface area (Å²) in [6, 6.07) is -0.157. The molecule has 3 rings (SSSR count). The van der Waals surface area contributed by atoms with Gasteiger partial charge >= 0.3 is 5.97 Å². The van der Waals surface area contributed by atoms with Crippen LogP contribution in [0.5, 0.6) is 0 Å². The molecule has 1 atom stereocenters. The first-order chi connectivity index (χ1) is 10.4. The van der Waals surface area contributed by atoms with Gasteiger partial charge in [-0.3, -0.25) is 4.79 Å². The fourth-order valence-corrected chi connectivity index (χ4v) is 5.33. The Labute approximate surface area is 131 Å². The van der Waals surface area contributed by atoms with Crippen LogP contribution < -0.4 is 4.72 Å². The van der Waals surface area contributed by atoms with Crippen molar-refractivity contribution in [3.05, 3.63) is 0 Å². The Kier molecular flexibility index (Phi) is 4.46. The summed E-state index contributed by atoms with van der Waals surface area (Å²) < 4.78 is 34.9. The molecule has 1 saturated carbocycles. The summed E-state index contributed by atoms with van der Waals surface area (Å²) >= 11 is 0. The van der Waals surface area contributed by atoms with Gasteiger partial charge < -0.3 is 9.84 Å². The summed E-state index contributed by atoms with van der Waals surface area (Å²) in [7, 11) is -3.44. The highest BCUT2D eigenvalue weighted by molar-refractivity contribution is 7.87. The molecule has 3 aliphatic rings. The molecule has 8 heteroatoms. The first kappa shape index (κ1) is 16.2. The number of carbonyl (C=O) groups is 1. The van der Waals surface area contributed by atoms with E-state index in [2.05, 4.69) is 4.72 Å². The van der Waals surface area contributed by atoms with E-state index in [0.29, 0.717) is 45.4 Å². The molecule has 2 heterocycles. The molecular weight excluding hydrogens is 308 g/mol. The molecule has 0 radical (unpaired) electrons. The van der Waals surface area contributed by atoms with Gasteiger partial charge in [0.25, 0.3) is 10.2 Å². The van der Waals surface area contributed by atoms with Crippen molar-refractivity contribution in [2.24, 2.45) is 5.92 Å². The van der Waals surface area contributed by atoms with E-state index in [4.69, 9.17) is 9.84 Å². The Morgan fingerprint density at radius 3 is 2.50 bits per heavy atom. The van der Waals surface area contributed by atoms with E-state index < -0.39 is 21.8 Å². The molecule has 0 aromatic carbocycles. The molecule has 2 N–H and O–H groups in total. The molecular formula is C14H24N2O5S. The third-order valence-corrected chi connectivity index (χ3v) is 6.73. The van der Waals surface area contributed by atoms with E-state index in [9.17, 15) is 13.2 Å². The predicted molar refractivity (Wildman–Crippen MR) is 79.5 cm³/mol. The number of aliphatic carboxylic acids is 1. The quantitative estimate of drug-likeness (QED) is 0.791. The van der Waals surface area contributed by atoms with Crippen LogP contribution in [-0.2, 0) is 19.7 Å². The topological polar surface area (TPSA) is 95.9 Å². The monoisotopic (exact) mass is 332 g/mol. The van der Waals surface area contributed by atoms with Gasteiger partial charge in [-0.05, 0) is 38.5 Å². The Balaban J connectivity index is 1.57. The van der Waals surface area contributed by atoms with Gasteiger partial charge in [0.1, 0.15) is 0 Å². The fourth-order valence-electron chi connectivity index (χ4n) is 3.82. The van der Waals surface area contributed by atoms with Crippen LogP contribution >= 0.6 is 0 Å². The summed E-state index contributed by atoms with van der Waals surface area (Å²) in [6.07, 6.45) is 5.12. The van der Waals surface area contributed by atoms with E-state index in [-0.39, 0.29) is 12.0 Å². The lowest BCUT2D eigenvalue weighted by molar-refractivity contribution is -0.180. The molecule has 0 amide bonds. The standard InChI is InChI=1S/C14H24N2O5S/c17-13(18)11-8-14(9-11)10-12(4-7-21-14)15-22(19,20)16-5-2-1-3-6-16/h11-12,15H,1-10H2,(H,17,18).